The minimum Gasteiger partial charge on any atom is -0.361 e. The van der Waals surface area contributed by atoms with Crippen LogP contribution >= 0.6 is 117 Å². The van der Waals surface area contributed by atoms with Crippen LogP contribution in [-0.4, -0.2) is 66.6 Å². The molecule has 0 aliphatic carbocycles. The summed E-state index contributed by atoms with van der Waals surface area (Å²) in [4.78, 5) is 31.3. The molecule has 65 heavy (non-hydrogen) atoms. The van der Waals surface area contributed by atoms with Crippen LogP contribution in [0, 0.1) is 0 Å². The van der Waals surface area contributed by atoms with E-state index in [4.69, 9.17) is 69.6 Å². The number of hydrogen-bond donors (Lipinski definition) is 1. The molecule has 8 rings (SSSR count). The summed E-state index contributed by atoms with van der Waals surface area (Å²) in [5, 5.41) is 7.43. The van der Waals surface area contributed by atoms with E-state index in [-0.39, 0.29) is 34.5 Å². The lowest BCUT2D eigenvalue weighted by Crippen LogP contribution is -2.53. The van der Waals surface area contributed by atoms with E-state index in [2.05, 4.69) is 79.9 Å². The summed E-state index contributed by atoms with van der Waals surface area (Å²) in [5.74, 6) is 0.229. The lowest BCUT2D eigenvalue weighted by Gasteiger charge is -2.45. The number of carbonyl (C=O) groups excluding carboxylic acids is 2. The van der Waals surface area contributed by atoms with Crippen LogP contribution in [0.4, 0.5) is 11.4 Å². The fourth-order valence-electron chi connectivity index (χ4n) is 7.68. The fraction of sp³-hybridized carbons (Fsp3) is 0.240. The molecule has 2 saturated heterocycles. The van der Waals surface area contributed by atoms with Crippen molar-refractivity contribution in [2.45, 2.75) is 36.8 Å². The molecule has 0 amide bonds. The summed E-state index contributed by atoms with van der Waals surface area (Å²) in [7, 11) is 0. The molecule has 15 heteroatoms. The Labute approximate surface area is 436 Å². The first-order chi connectivity index (χ1) is 31.1. The third kappa shape index (κ3) is 14.2. The van der Waals surface area contributed by atoms with Crippen molar-refractivity contribution >= 4 is 140 Å². The molecule has 0 aromatic heterocycles. The largest absolute Gasteiger partial charge is 0.361 e. The van der Waals surface area contributed by atoms with Crippen LogP contribution in [0.2, 0.25) is 30.1 Å². The SMILES string of the molecule is CC(Br)C(=O)c1ccc(Br)cc1.CC(C(=O)c1ccc(Br)cc1)N1CCN(c2ccc(Cl)cc2Cl)[C@H](c2ccc(Cl)cc2)C1.Clc1ccc([C@@H]2CNCCN2c2ccc(Cl)cc2Cl)cc1. The Kier molecular flexibility index (Phi) is 19.6. The van der Waals surface area contributed by atoms with Crippen LogP contribution in [-0.2, 0) is 0 Å². The molecule has 6 aromatic carbocycles. The second kappa shape index (κ2) is 24.6. The molecule has 6 nitrogen and oxygen atoms in total. The average Bonchev–Trinajstić information content (AvgIpc) is 3.30. The summed E-state index contributed by atoms with van der Waals surface area (Å²) in [6, 6.07) is 42.0. The minimum atomic E-state index is -0.242. The van der Waals surface area contributed by atoms with Crippen molar-refractivity contribution in [3.8, 4) is 0 Å². The molecule has 0 spiro atoms. The Balaban J connectivity index is 0.000000181. The monoisotopic (exact) mass is 1180 g/mol. The Morgan fingerprint density at radius 3 is 1.45 bits per heavy atom. The van der Waals surface area contributed by atoms with E-state index in [1.54, 1.807) is 12.1 Å². The van der Waals surface area contributed by atoms with Crippen LogP contribution < -0.4 is 15.1 Å². The first kappa shape index (κ1) is 51.7. The zero-order chi connectivity index (χ0) is 46.8. The predicted octanol–water partition coefficient (Wildman–Crippen LogP) is 15.8. The lowest BCUT2D eigenvalue weighted by molar-refractivity contribution is 0.0806. The Bertz CT molecular complexity index is 2530. The topological polar surface area (TPSA) is 55.9 Å². The van der Waals surface area contributed by atoms with E-state index >= 15 is 0 Å². The number of halogens is 9. The zero-order valence-corrected chi connectivity index (χ0v) is 44.6. The maximum absolute atomic E-state index is 13.2. The summed E-state index contributed by atoms with van der Waals surface area (Å²) >= 11 is 47.2. The molecule has 0 radical (unpaired) electrons. The number of nitrogens with one attached hydrogen (secondary N) is 1. The van der Waals surface area contributed by atoms with Crippen molar-refractivity contribution in [3.63, 3.8) is 0 Å². The van der Waals surface area contributed by atoms with E-state index in [9.17, 15) is 9.59 Å². The standard InChI is InChI=1S/C25H22BrCl3N2O.C16H15Cl3N2.C9H8Br2O/c1-16(25(32)18-2-6-19(26)7-3-18)30-12-13-31(23-11-10-21(28)14-22(23)29)24(15-30)17-4-8-20(27)9-5-17;17-12-3-1-11(2-4-12)16-10-20-7-8-21(16)15-6-5-13(18)9-14(15)19;1-6(10)9(12)7-2-4-8(11)5-3-7/h2-11,14,16,24H,12-13,15H2,1H3;1-6,9,16,20H,7-8,10H2;2-6H,1H3/t16?,24-;16-;/m00./s1. The molecule has 2 fully saturated rings. The molecule has 1 N–H and O–H groups in total. The second-order valence-corrected chi connectivity index (χ2v) is 21.2. The Hall–Kier alpha value is -2.64. The van der Waals surface area contributed by atoms with Gasteiger partial charge in [0, 0.05) is 79.4 Å². The van der Waals surface area contributed by atoms with E-state index < -0.39 is 0 Å². The van der Waals surface area contributed by atoms with Gasteiger partial charge in [-0.15, -0.1) is 0 Å². The quantitative estimate of drug-likeness (QED) is 0.115. The highest BCUT2D eigenvalue weighted by molar-refractivity contribution is 9.11. The molecular formula is C50H45Br3Cl6N4O2. The maximum atomic E-state index is 13.2. The summed E-state index contributed by atoms with van der Waals surface area (Å²) in [6.45, 7) is 8.67. The highest BCUT2D eigenvalue weighted by Gasteiger charge is 2.34. The van der Waals surface area contributed by atoms with Gasteiger partial charge in [-0.05, 0) is 110 Å². The first-order valence-corrected chi connectivity index (χ1v) is 25.5. The van der Waals surface area contributed by atoms with Gasteiger partial charge >= 0.3 is 0 Å². The summed E-state index contributed by atoms with van der Waals surface area (Å²) in [5.41, 5.74) is 5.74. The molecule has 2 aliphatic rings. The number of nitrogens with zero attached hydrogens (tertiary/aromatic N) is 3. The van der Waals surface area contributed by atoms with E-state index in [0.29, 0.717) is 37.2 Å². The highest BCUT2D eigenvalue weighted by atomic mass is 79.9. The zero-order valence-electron chi connectivity index (χ0n) is 35.3. The van der Waals surface area contributed by atoms with Crippen LogP contribution in [0.5, 0.6) is 0 Å². The molecule has 6 aromatic rings. The summed E-state index contributed by atoms with van der Waals surface area (Å²) in [6.07, 6.45) is 0. The number of hydrogen-bond acceptors (Lipinski definition) is 6. The number of benzene rings is 6. The van der Waals surface area contributed by atoms with Gasteiger partial charge in [0.2, 0.25) is 0 Å². The lowest BCUT2D eigenvalue weighted by atomic mass is 9.98. The Morgan fingerprint density at radius 1 is 0.554 bits per heavy atom. The van der Waals surface area contributed by atoms with Gasteiger partial charge in [0.15, 0.2) is 11.6 Å². The Morgan fingerprint density at radius 2 is 0.985 bits per heavy atom. The second-order valence-electron chi connectivity index (χ2n) is 15.4. The number of anilines is 2. The normalized spacial score (nSPS) is 17.2. The maximum Gasteiger partial charge on any atom is 0.179 e. The number of ketones is 2. The molecular weight excluding hydrogens is 1140 g/mol. The van der Waals surface area contributed by atoms with Gasteiger partial charge in [0.1, 0.15) is 0 Å². The smallest absolute Gasteiger partial charge is 0.179 e. The predicted molar refractivity (Wildman–Crippen MR) is 285 cm³/mol. The highest BCUT2D eigenvalue weighted by Crippen LogP contribution is 2.38. The van der Waals surface area contributed by atoms with E-state index in [0.717, 1.165) is 69.2 Å². The van der Waals surface area contributed by atoms with Crippen molar-refractivity contribution in [1.82, 2.24) is 10.2 Å². The van der Waals surface area contributed by atoms with Crippen LogP contribution in [0.25, 0.3) is 0 Å². The van der Waals surface area contributed by atoms with Crippen molar-refractivity contribution < 1.29 is 9.59 Å². The van der Waals surface area contributed by atoms with Crippen LogP contribution in [0.3, 0.4) is 0 Å². The molecule has 2 unspecified atom stereocenters. The molecule has 2 aliphatic heterocycles. The van der Waals surface area contributed by atoms with E-state index in [1.807, 2.05) is 123 Å². The van der Waals surface area contributed by atoms with Crippen molar-refractivity contribution in [2.75, 3.05) is 49.1 Å². The van der Waals surface area contributed by atoms with Gasteiger partial charge < -0.3 is 15.1 Å². The molecule has 0 saturated carbocycles. The number of Topliss-reactive ketones (excluding diaryl/α,β-unsaturated/α-hetero) is 2. The first-order valence-electron chi connectivity index (χ1n) is 20.7. The van der Waals surface area contributed by atoms with Gasteiger partial charge in [-0.3, -0.25) is 14.5 Å². The minimum absolute atomic E-state index is 0.0138. The van der Waals surface area contributed by atoms with Crippen molar-refractivity contribution in [1.29, 1.82) is 0 Å². The molecule has 340 valence electrons. The molecule has 2 heterocycles. The van der Waals surface area contributed by atoms with E-state index in [1.165, 1.54) is 5.56 Å². The average molecular weight is 1190 g/mol. The van der Waals surface area contributed by atoms with Gasteiger partial charge in [-0.2, -0.15) is 0 Å². The fourth-order valence-corrected chi connectivity index (χ4v) is 9.76. The third-order valence-corrected chi connectivity index (χ3v) is 14.2. The van der Waals surface area contributed by atoms with Crippen LogP contribution in [0.15, 0.2) is 142 Å². The van der Waals surface area contributed by atoms with Crippen molar-refractivity contribution in [2.24, 2.45) is 0 Å². The number of piperazine rings is 2. The number of rotatable bonds is 9. The van der Waals surface area contributed by atoms with Gasteiger partial charge in [0.25, 0.3) is 0 Å². The molecule has 0 bridgehead atoms. The third-order valence-electron chi connectivity index (χ3n) is 11.1. The number of alkyl halides is 1. The van der Waals surface area contributed by atoms with Gasteiger partial charge in [0.05, 0.1) is 44.4 Å². The molecule has 4 atom stereocenters. The van der Waals surface area contributed by atoms with Crippen LogP contribution in [0.1, 0.15) is 57.8 Å². The van der Waals surface area contributed by atoms with Gasteiger partial charge in [-0.1, -0.05) is 166 Å². The van der Waals surface area contributed by atoms with Crippen molar-refractivity contribution in [3.05, 3.63) is 195 Å². The summed E-state index contributed by atoms with van der Waals surface area (Å²) < 4.78 is 1.94. The number of carbonyl (C=O) groups is 2. The van der Waals surface area contributed by atoms with Gasteiger partial charge in [-0.25, -0.2) is 0 Å².